The summed E-state index contributed by atoms with van der Waals surface area (Å²) in [5.74, 6) is 1.44. The smallest absolute Gasteiger partial charge is 0.240 e. The van der Waals surface area contributed by atoms with E-state index in [2.05, 4.69) is 16.5 Å². The Morgan fingerprint density at radius 3 is 2.70 bits per heavy atom. The van der Waals surface area contributed by atoms with E-state index in [0.717, 1.165) is 32.0 Å². The van der Waals surface area contributed by atoms with E-state index in [1.807, 2.05) is 6.92 Å². The van der Waals surface area contributed by atoms with E-state index in [1.165, 1.54) is 12.8 Å². The van der Waals surface area contributed by atoms with Gasteiger partial charge < -0.3 is 9.64 Å². The zero-order chi connectivity index (χ0) is 16.7. The number of nitrogens with zero attached hydrogens (tertiary/aromatic N) is 1. The number of likely N-dealkylation sites (tertiary alicyclic amines) is 1. The van der Waals surface area contributed by atoms with Crippen molar-refractivity contribution < 1.29 is 13.2 Å². The Bertz CT molecular complexity index is 572. The van der Waals surface area contributed by atoms with E-state index >= 15 is 0 Å². The normalized spacial score (nSPS) is 19.7. The van der Waals surface area contributed by atoms with Crippen LogP contribution in [0.15, 0.2) is 29.2 Å². The lowest BCUT2D eigenvalue weighted by atomic mass is 10.0. The molecule has 0 bridgehead atoms. The summed E-state index contributed by atoms with van der Waals surface area (Å²) in [4.78, 5) is 2.71. The maximum Gasteiger partial charge on any atom is 0.240 e. The number of piperidine rings is 1. The van der Waals surface area contributed by atoms with Crippen LogP contribution in [-0.2, 0) is 10.0 Å². The molecule has 1 N–H and O–H groups in total. The summed E-state index contributed by atoms with van der Waals surface area (Å²) >= 11 is 0. The van der Waals surface area contributed by atoms with Gasteiger partial charge in [0.2, 0.25) is 10.0 Å². The highest BCUT2D eigenvalue weighted by atomic mass is 32.2. The number of benzene rings is 1. The molecule has 1 fully saturated rings. The largest absolute Gasteiger partial charge is 0.494 e. The summed E-state index contributed by atoms with van der Waals surface area (Å²) in [6.45, 7) is 8.44. The molecule has 0 spiro atoms. The summed E-state index contributed by atoms with van der Waals surface area (Å²) in [5, 5.41) is 0. The third kappa shape index (κ3) is 5.79. The zero-order valence-electron chi connectivity index (χ0n) is 14.1. The second-order valence-corrected chi connectivity index (χ2v) is 7.97. The van der Waals surface area contributed by atoms with Crippen LogP contribution in [0.2, 0.25) is 0 Å². The highest BCUT2D eigenvalue weighted by Gasteiger charge is 2.17. The number of hydrogen-bond donors (Lipinski definition) is 1. The SMILES string of the molecule is CCOc1ccc(S(=O)(=O)NCCCN2CCCC(C)C2)cc1. The molecular weight excluding hydrogens is 312 g/mol. The molecule has 0 aliphatic carbocycles. The number of rotatable bonds is 8. The lowest BCUT2D eigenvalue weighted by Gasteiger charge is -2.30. The van der Waals surface area contributed by atoms with E-state index in [9.17, 15) is 8.42 Å². The third-order valence-corrected chi connectivity index (χ3v) is 5.61. The summed E-state index contributed by atoms with van der Waals surface area (Å²) in [6.07, 6.45) is 3.39. The van der Waals surface area contributed by atoms with Crippen molar-refractivity contribution in [3.8, 4) is 5.75 Å². The van der Waals surface area contributed by atoms with Gasteiger partial charge in [0.05, 0.1) is 11.5 Å². The molecule has 1 unspecified atom stereocenters. The molecule has 1 heterocycles. The van der Waals surface area contributed by atoms with Gasteiger partial charge in [-0.05, 0) is 69.5 Å². The van der Waals surface area contributed by atoms with Crippen LogP contribution >= 0.6 is 0 Å². The molecule has 0 saturated carbocycles. The van der Waals surface area contributed by atoms with Gasteiger partial charge in [0.1, 0.15) is 5.75 Å². The van der Waals surface area contributed by atoms with Crippen molar-refractivity contribution in [1.82, 2.24) is 9.62 Å². The van der Waals surface area contributed by atoms with Gasteiger partial charge in [-0.2, -0.15) is 0 Å². The number of nitrogens with one attached hydrogen (secondary N) is 1. The Morgan fingerprint density at radius 1 is 1.30 bits per heavy atom. The Balaban J connectivity index is 1.77. The highest BCUT2D eigenvalue weighted by molar-refractivity contribution is 7.89. The molecule has 2 rings (SSSR count). The van der Waals surface area contributed by atoms with Gasteiger partial charge in [0.25, 0.3) is 0 Å². The van der Waals surface area contributed by atoms with Crippen LogP contribution < -0.4 is 9.46 Å². The van der Waals surface area contributed by atoms with Gasteiger partial charge in [0.15, 0.2) is 0 Å². The standard InChI is InChI=1S/C17H28N2O3S/c1-3-22-16-7-9-17(10-8-16)23(20,21)18-11-5-13-19-12-4-6-15(2)14-19/h7-10,15,18H,3-6,11-14H2,1-2H3. The fourth-order valence-electron chi connectivity index (χ4n) is 2.96. The first-order valence-corrected chi connectivity index (χ1v) is 9.94. The first-order chi connectivity index (χ1) is 11.0. The van der Waals surface area contributed by atoms with E-state index in [-0.39, 0.29) is 4.90 Å². The van der Waals surface area contributed by atoms with E-state index < -0.39 is 10.0 Å². The van der Waals surface area contributed by atoms with Gasteiger partial charge in [-0.3, -0.25) is 0 Å². The van der Waals surface area contributed by atoms with Crippen LogP contribution in [0, 0.1) is 5.92 Å². The van der Waals surface area contributed by atoms with Gasteiger partial charge in [-0.15, -0.1) is 0 Å². The average molecular weight is 340 g/mol. The second-order valence-electron chi connectivity index (χ2n) is 6.20. The number of sulfonamides is 1. The molecule has 1 aromatic rings. The molecular formula is C17H28N2O3S. The molecule has 1 aliphatic rings. The van der Waals surface area contributed by atoms with Crippen molar-refractivity contribution in [3.63, 3.8) is 0 Å². The van der Waals surface area contributed by atoms with Crippen molar-refractivity contribution in [1.29, 1.82) is 0 Å². The zero-order valence-corrected chi connectivity index (χ0v) is 14.9. The van der Waals surface area contributed by atoms with Crippen molar-refractivity contribution >= 4 is 10.0 Å². The topological polar surface area (TPSA) is 58.6 Å². The van der Waals surface area contributed by atoms with E-state index in [4.69, 9.17) is 4.74 Å². The van der Waals surface area contributed by atoms with Gasteiger partial charge >= 0.3 is 0 Å². The first-order valence-electron chi connectivity index (χ1n) is 8.46. The Morgan fingerprint density at radius 2 is 2.04 bits per heavy atom. The molecule has 1 saturated heterocycles. The lowest BCUT2D eigenvalue weighted by molar-refractivity contribution is 0.182. The number of hydrogen-bond acceptors (Lipinski definition) is 4. The summed E-state index contributed by atoms with van der Waals surface area (Å²) in [7, 11) is -3.43. The third-order valence-electron chi connectivity index (χ3n) is 4.13. The van der Waals surface area contributed by atoms with Crippen LogP contribution in [0.25, 0.3) is 0 Å². The molecule has 1 aliphatic heterocycles. The summed E-state index contributed by atoms with van der Waals surface area (Å²) < 4.78 is 32.5. The molecule has 1 atom stereocenters. The molecule has 0 radical (unpaired) electrons. The van der Waals surface area contributed by atoms with Crippen LogP contribution in [-0.4, -0.2) is 46.1 Å². The average Bonchev–Trinajstić information content (AvgIpc) is 2.53. The van der Waals surface area contributed by atoms with Crippen molar-refractivity contribution in [3.05, 3.63) is 24.3 Å². The van der Waals surface area contributed by atoms with E-state index in [0.29, 0.717) is 18.9 Å². The van der Waals surface area contributed by atoms with Crippen molar-refractivity contribution in [2.24, 2.45) is 5.92 Å². The minimum atomic E-state index is -3.43. The first kappa shape index (κ1) is 18.2. The Labute approximate surface area is 140 Å². The molecule has 130 valence electrons. The van der Waals surface area contributed by atoms with Crippen molar-refractivity contribution in [2.75, 3.05) is 32.8 Å². The maximum absolute atomic E-state index is 12.2. The quantitative estimate of drug-likeness (QED) is 0.739. The lowest BCUT2D eigenvalue weighted by Crippen LogP contribution is -2.36. The fourth-order valence-corrected chi connectivity index (χ4v) is 4.04. The van der Waals surface area contributed by atoms with Crippen molar-refractivity contribution in [2.45, 2.75) is 38.0 Å². The summed E-state index contributed by atoms with van der Waals surface area (Å²) in [6, 6.07) is 6.54. The van der Waals surface area contributed by atoms with Gasteiger partial charge in [0, 0.05) is 13.1 Å². The minimum absolute atomic E-state index is 0.285. The monoisotopic (exact) mass is 340 g/mol. The highest BCUT2D eigenvalue weighted by Crippen LogP contribution is 2.17. The maximum atomic E-state index is 12.2. The molecule has 0 amide bonds. The minimum Gasteiger partial charge on any atom is -0.494 e. The van der Waals surface area contributed by atoms with Gasteiger partial charge in [-0.25, -0.2) is 13.1 Å². The predicted molar refractivity (Wildman–Crippen MR) is 92.3 cm³/mol. The second kappa shape index (κ2) is 8.66. The number of ether oxygens (including phenoxy) is 1. The molecule has 1 aromatic carbocycles. The van der Waals surface area contributed by atoms with Crippen LogP contribution in [0.4, 0.5) is 0 Å². The molecule has 23 heavy (non-hydrogen) atoms. The van der Waals surface area contributed by atoms with Crippen LogP contribution in [0.3, 0.4) is 0 Å². The molecule has 0 aromatic heterocycles. The molecule has 6 heteroatoms. The Hall–Kier alpha value is -1.11. The predicted octanol–water partition coefficient (Wildman–Crippen LogP) is 2.49. The molecule has 5 nitrogen and oxygen atoms in total. The Kier molecular flexibility index (Phi) is 6.87. The van der Waals surface area contributed by atoms with E-state index in [1.54, 1.807) is 24.3 Å². The fraction of sp³-hybridized carbons (Fsp3) is 0.647. The van der Waals surface area contributed by atoms with Crippen LogP contribution in [0.5, 0.6) is 5.75 Å². The van der Waals surface area contributed by atoms with Crippen LogP contribution in [0.1, 0.15) is 33.1 Å². The van der Waals surface area contributed by atoms with Gasteiger partial charge in [-0.1, -0.05) is 6.92 Å². The summed E-state index contributed by atoms with van der Waals surface area (Å²) in [5.41, 5.74) is 0.